The molecule has 0 saturated carbocycles. The fourth-order valence-electron chi connectivity index (χ4n) is 1.43. The van der Waals surface area contributed by atoms with E-state index in [1.165, 1.54) is 19.1 Å². The van der Waals surface area contributed by atoms with Gasteiger partial charge in [-0.1, -0.05) is 0 Å². The summed E-state index contributed by atoms with van der Waals surface area (Å²) in [7, 11) is 1.68. The molecule has 0 fully saturated rings. The number of ether oxygens (including phenoxy) is 2. The van der Waals surface area contributed by atoms with Crippen LogP contribution in [-0.2, 0) is 23.9 Å². The van der Waals surface area contributed by atoms with E-state index in [2.05, 4.69) is 5.32 Å². The van der Waals surface area contributed by atoms with Crippen LogP contribution in [0, 0.1) is 5.41 Å². The van der Waals surface area contributed by atoms with Crippen LogP contribution in [0.3, 0.4) is 0 Å². The number of Topliss-reactive ketones (excluding diaryl/α,β-unsaturated/α-hetero) is 1. The summed E-state index contributed by atoms with van der Waals surface area (Å²) >= 11 is 0. The Morgan fingerprint density at radius 1 is 1.22 bits per heavy atom. The number of carbonyl (C=O) groups is 3. The van der Waals surface area contributed by atoms with Crippen LogP contribution < -0.4 is 5.32 Å². The van der Waals surface area contributed by atoms with Crippen LogP contribution in [0.25, 0.3) is 0 Å². The molecule has 0 aromatic heterocycles. The van der Waals surface area contributed by atoms with Gasteiger partial charge in [-0.2, -0.15) is 0 Å². The summed E-state index contributed by atoms with van der Waals surface area (Å²) in [5.74, 6) is -0.00352. The van der Waals surface area contributed by atoms with E-state index >= 15 is 0 Å². The first-order valence-corrected chi connectivity index (χ1v) is 7.30. The van der Waals surface area contributed by atoms with Crippen LogP contribution >= 0.6 is 0 Å². The van der Waals surface area contributed by atoms with Gasteiger partial charge in [-0.05, 0) is 19.1 Å². The fourth-order valence-corrected chi connectivity index (χ4v) is 1.43. The minimum atomic E-state index is -0.138. The number of amidine groups is 1. The van der Waals surface area contributed by atoms with Gasteiger partial charge in [0.05, 0.1) is 19.8 Å². The Hall–Kier alpha value is -2.06. The van der Waals surface area contributed by atoms with E-state index in [1.54, 1.807) is 11.9 Å². The number of allylic oxidation sites excluding steroid dienone is 1. The van der Waals surface area contributed by atoms with Gasteiger partial charge in [-0.3, -0.25) is 19.8 Å². The van der Waals surface area contributed by atoms with Gasteiger partial charge in [-0.15, -0.1) is 0 Å². The highest BCUT2D eigenvalue weighted by Gasteiger charge is 2.05. The summed E-state index contributed by atoms with van der Waals surface area (Å²) in [6.07, 6.45) is 3.44. The molecule has 0 aliphatic carbocycles. The summed E-state index contributed by atoms with van der Waals surface area (Å²) in [6.45, 7) is 3.38. The van der Waals surface area contributed by atoms with Gasteiger partial charge in [0, 0.05) is 26.6 Å². The average molecular weight is 327 g/mol. The molecule has 0 rings (SSSR count). The number of likely N-dealkylation sites (N-methyl/N-ethyl adjacent to an activating group) is 1. The number of nitrogens with zero attached hydrogens (tertiary/aromatic N) is 1. The second-order valence-corrected chi connectivity index (χ2v) is 4.77. The Labute approximate surface area is 136 Å². The first kappa shape index (κ1) is 20.9. The van der Waals surface area contributed by atoms with E-state index in [9.17, 15) is 14.4 Å². The van der Waals surface area contributed by atoms with E-state index in [-0.39, 0.29) is 30.6 Å². The summed E-state index contributed by atoms with van der Waals surface area (Å²) < 4.78 is 10.3. The van der Waals surface area contributed by atoms with Crippen LogP contribution in [0.2, 0.25) is 0 Å². The quantitative estimate of drug-likeness (QED) is 0.159. The Morgan fingerprint density at radius 3 is 2.57 bits per heavy atom. The predicted octanol–water partition coefficient (Wildman–Crippen LogP) is -0.221. The Bertz CT molecular complexity index is 423. The van der Waals surface area contributed by atoms with Gasteiger partial charge in [0.25, 0.3) is 0 Å². The summed E-state index contributed by atoms with van der Waals surface area (Å²) in [4.78, 5) is 33.9. The number of hydrogen-bond acceptors (Lipinski definition) is 6. The molecular weight excluding hydrogens is 302 g/mol. The van der Waals surface area contributed by atoms with Crippen LogP contribution in [0.5, 0.6) is 0 Å². The minimum absolute atomic E-state index is 0.0306. The van der Waals surface area contributed by atoms with Crippen LogP contribution in [-0.4, -0.2) is 75.3 Å². The normalized spacial score (nSPS) is 10.5. The standard InChI is InChI=1S/C15H25N3O5/c1-13(20)12-23-11-10-22-9-6-17-15(21)5-7-18(2)14(16)4-3-8-19/h3-4,8,16H,5-7,9-12H2,1-2H3,(H,17,21)/b4-3-,16-14?. The second kappa shape index (κ2) is 13.6. The lowest BCUT2D eigenvalue weighted by Crippen LogP contribution is -2.32. The van der Waals surface area contributed by atoms with Crippen molar-refractivity contribution in [3.63, 3.8) is 0 Å². The van der Waals surface area contributed by atoms with Crippen LogP contribution in [0.15, 0.2) is 12.2 Å². The molecule has 0 bridgehead atoms. The smallest absolute Gasteiger partial charge is 0.221 e. The molecule has 0 heterocycles. The van der Waals surface area contributed by atoms with Crippen molar-refractivity contribution >= 4 is 23.8 Å². The zero-order chi connectivity index (χ0) is 17.5. The number of nitrogens with one attached hydrogen (secondary N) is 2. The summed E-state index contributed by atoms with van der Waals surface area (Å²) in [5.41, 5.74) is 0. The first-order valence-electron chi connectivity index (χ1n) is 7.30. The molecule has 0 radical (unpaired) electrons. The van der Waals surface area contributed by atoms with Crippen molar-refractivity contribution in [3.8, 4) is 0 Å². The highest BCUT2D eigenvalue weighted by atomic mass is 16.5. The second-order valence-electron chi connectivity index (χ2n) is 4.77. The molecule has 8 nitrogen and oxygen atoms in total. The van der Waals surface area contributed by atoms with E-state index in [0.717, 1.165) is 0 Å². The first-order chi connectivity index (χ1) is 11.0. The van der Waals surface area contributed by atoms with Crippen LogP contribution in [0.1, 0.15) is 13.3 Å². The highest BCUT2D eigenvalue weighted by Crippen LogP contribution is 1.91. The van der Waals surface area contributed by atoms with E-state index in [1.807, 2.05) is 0 Å². The maximum atomic E-state index is 11.6. The number of aldehydes is 1. The van der Waals surface area contributed by atoms with Crippen LogP contribution in [0.4, 0.5) is 0 Å². The molecule has 0 atom stereocenters. The van der Waals surface area contributed by atoms with E-state index in [0.29, 0.717) is 39.2 Å². The molecule has 130 valence electrons. The maximum absolute atomic E-state index is 11.6. The SMILES string of the molecule is CC(=O)COCCOCCNC(=O)CCN(C)C(=N)/C=C\C=O. The maximum Gasteiger partial charge on any atom is 0.221 e. The van der Waals surface area contributed by atoms with E-state index < -0.39 is 0 Å². The van der Waals surface area contributed by atoms with Gasteiger partial charge >= 0.3 is 0 Å². The summed E-state index contributed by atoms with van der Waals surface area (Å²) in [6, 6.07) is 0. The number of ketones is 1. The lowest BCUT2D eigenvalue weighted by Gasteiger charge is -2.17. The molecule has 0 aromatic rings. The fraction of sp³-hybridized carbons (Fsp3) is 0.600. The molecule has 0 aromatic carbocycles. The Balaban J connectivity index is 3.57. The molecule has 0 aliphatic heterocycles. The van der Waals surface area contributed by atoms with Crippen molar-refractivity contribution < 1.29 is 23.9 Å². The molecule has 23 heavy (non-hydrogen) atoms. The Morgan fingerprint density at radius 2 is 1.91 bits per heavy atom. The molecular formula is C15H25N3O5. The lowest BCUT2D eigenvalue weighted by atomic mass is 10.3. The third-order valence-corrected chi connectivity index (χ3v) is 2.66. The largest absolute Gasteiger partial charge is 0.377 e. The van der Waals surface area contributed by atoms with Crippen molar-refractivity contribution in [3.05, 3.63) is 12.2 Å². The molecule has 0 saturated heterocycles. The van der Waals surface area contributed by atoms with Gasteiger partial charge in [0.2, 0.25) is 5.91 Å². The van der Waals surface area contributed by atoms with Gasteiger partial charge < -0.3 is 19.7 Å². The van der Waals surface area contributed by atoms with Crippen molar-refractivity contribution in [2.45, 2.75) is 13.3 Å². The highest BCUT2D eigenvalue weighted by molar-refractivity contribution is 5.93. The molecule has 8 heteroatoms. The predicted molar refractivity (Wildman–Crippen MR) is 85.5 cm³/mol. The lowest BCUT2D eigenvalue weighted by molar-refractivity contribution is -0.123. The van der Waals surface area contributed by atoms with Gasteiger partial charge in [-0.25, -0.2) is 0 Å². The molecule has 2 N–H and O–H groups in total. The molecule has 0 spiro atoms. The average Bonchev–Trinajstić information content (AvgIpc) is 2.52. The van der Waals surface area contributed by atoms with E-state index in [4.69, 9.17) is 14.9 Å². The molecule has 0 unspecified atom stereocenters. The topological polar surface area (TPSA) is 109 Å². The molecule has 1 amide bonds. The summed E-state index contributed by atoms with van der Waals surface area (Å²) in [5, 5.41) is 10.3. The van der Waals surface area contributed by atoms with Crippen molar-refractivity contribution in [1.29, 1.82) is 5.41 Å². The monoisotopic (exact) mass is 327 g/mol. The van der Waals surface area contributed by atoms with Gasteiger partial charge in [0.1, 0.15) is 18.7 Å². The number of rotatable bonds is 13. The van der Waals surface area contributed by atoms with Crippen molar-refractivity contribution in [1.82, 2.24) is 10.2 Å². The number of amides is 1. The third kappa shape index (κ3) is 13.3. The number of carbonyl (C=O) groups excluding carboxylic acids is 3. The number of hydrogen-bond donors (Lipinski definition) is 2. The molecule has 0 aliphatic rings. The third-order valence-electron chi connectivity index (χ3n) is 2.66. The zero-order valence-corrected chi connectivity index (χ0v) is 13.7. The Kier molecular flexibility index (Phi) is 12.4. The van der Waals surface area contributed by atoms with Crippen molar-refractivity contribution in [2.24, 2.45) is 0 Å². The minimum Gasteiger partial charge on any atom is -0.377 e. The van der Waals surface area contributed by atoms with Crippen molar-refractivity contribution in [2.75, 3.05) is 46.6 Å². The zero-order valence-electron chi connectivity index (χ0n) is 13.7. The van der Waals surface area contributed by atoms with Gasteiger partial charge in [0.15, 0.2) is 5.78 Å².